The molecule has 4 aromatic rings. The number of ether oxygens (including phenoxy) is 1. The van der Waals surface area contributed by atoms with Crippen molar-refractivity contribution in [3.8, 4) is 5.75 Å². The molecule has 0 atom stereocenters. The number of fused-ring (bicyclic) bond motifs is 4. The van der Waals surface area contributed by atoms with E-state index in [0.717, 1.165) is 53.0 Å². The number of benzene rings is 2. The molecular formula is C21H20N4O. The Labute approximate surface area is 151 Å². The lowest BCUT2D eigenvalue weighted by atomic mass is 10.00. The molecule has 0 aliphatic carbocycles. The third kappa shape index (κ3) is 2.17. The first-order valence-electron chi connectivity index (χ1n) is 8.85. The predicted molar refractivity (Wildman–Crippen MR) is 104 cm³/mol. The van der Waals surface area contributed by atoms with E-state index < -0.39 is 0 Å². The number of anilines is 1. The Morgan fingerprint density at radius 2 is 1.88 bits per heavy atom. The van der Waals surface area contributed by atoms with E-state index in [4.69, 9.17) is 4.74 Å². The molecule has 0 unspecified atom stereocenters. The summed E-state index contributed by atoms with van der Waals surface area (Å²) in [6, 6.07) is 14.8. The maximum absolute atomic E-state index is 5.40. The summed E-state index contributed by atoms with van der Waals surface area (Å²) in [6.45, 7) is 1.85. The lowest BCUT2D eigenvalue weighted by molar-refractivity contribution is 0.415. The van der Waals surface area contributed by atoms with E-state index in [1.165, 1.54) is 11.1 Å². The quantitative estimate of drug-likeness (QED) is 0.556. The minimum Gasteiger partial charge on any atom is -0.497 e. The van der Waals surface area contributed by atoms with Gasteiger partial charge in [-0.15, -0.1) is 0 Å². The maximum atomic E-state index is 5.40. The van der Waals surface area contributed by atoms with Crippen molar-refractivity contribution < 1.29 is 4.74 Å². The second kappa shape index (κ2) is 5.73. The zero-order valence-corrected chi connectivity index (χ0v) is 14.9. The number of aromatic nitrogens is 3. The highest BCUT2D eigenvalue weighted by atomic mass is 16.5. The lowest BCUT2D eigenvalue weighted by Crippen LogP contribution is -2.31. The number of nitrogens with zero attached hydrogens (tertiary/aromatic N) is 4. The van der Waals surface area contributed by atoms with Gasteiger partial charge < -0.3 is 14.2 Å². The van der Waals surface area contributed by atoms with E-state index in [1.807, 2.05) is 6.07 Å². The molecule has 5 nitrogen and oxygen atoms in total. The van der Waals surface area contributed by atoms with Crippen LogP contribution in [-0.2, 0) is 20.0 Å². The second-order valence-electron chi connectivity index (χ2n) is 6.78. The summed E-state index contributed by atoms with van der Waals surface area (Å²) < 4.78 is 7.60. The largest absolute Gasteiger partial charge is 0.497 e. The van der Waals surface area contributed by atoms with E-state index in [-0.39, 0.29) is 0 Å². The predicted octanol–water partition coefficient (Wildman–Crippen LogP) is 3.69. The number of hydrogen-bond donors (Lipinski definition) is 0. The highest BCUT2D eigenvalue weighted by molar-refractivity contribution is 6.09. The van der Waals surface area contributed by atoms with Crippen LogP contribution < -0.4 is 9.64 Å². The van der Waals surface area contributed by atoms with Gasteiger partial charge in [-0.2, -0.15) is 0 Å². The molecule has 0 radical (unpaired) electrons. The average molecular weight is 344 g/mol. The molecule has 0 amide bonds. The van der Waals surface area contributed by atoms with E-state index in [2.05, 4.69) is 62.9 Å². The lowest BCUT2D eigenvalue weighted by Gasteiger charge is -2.30. The van der Waals surface area contributed by atoms with Crippen molar-refractivity contribution >= 4 is 27.8 Å². The summed E-state index contributed by atoms with van der Waals surface area (Å²) in [5.74, 6) is 1.85. The van der Waals surface area contributed by atoms with Gasteiger partial charge in [0.1, 0.15) is 23.1 Å². The Morgan fingerprint density at radius 3 is 2.73 bits per heavy atom. The van der Waals surface area contributed by atoms with Gasteiger partial charge in [-0.1, -0.05) is 24.3 Å². The van der Waals surface area contributed by atoms with E-state index in [9.17, 15) is 0 Å². The highest BCUT2D eigenvalue weighted by Crippen LogP contribution is 2.35. The van der Waals surface area contributed by atoms with Gasteiger partial charge in [0.2, 0.25) is 0 Å². The van der Waals surface area contributed by atoms with E-state index >= 15 is 0 Å². The van der Waals surface area contributed by atoms with Crippen LogP contribution in [0.4, 0.5) is 5.82 Å². The molecule has 5 heteroatoms. The molecule has 0 saturated carbocycles. The van der Waals surface area contributed by atoms with Crippen LogP contribution in [0.3, 0.4) is 0 Å². The molecule has 0 N–H and O–H groups in total. The molecule has 2 aromatic heterocycles. The van der Waals surface area contributed by atoms with Crippen molar-refractivity contribution in [2.45, 2.75) is 13.0 Å². The van der Waals surface area contributed by atoms with Crippen molar-refractivity contribution in [1.82, 2.24) is 14.5 Å². The molecule has 1 aliphatic rings. The topological polar surface area (TPSA) is 43.2 Å². The van der Waals surface area contributed by atoms with Gasteiger partial charge in [-0.05, 0) is 35.7 Å². The van der Waals surface area contributed by atoms with Crippen LogP contribution in [0, 0.1) is 0 Å². The first-order chi connectivity index (χ1) is 12.8. The summed E-state index contributed by atoms with van der Waals surface area (Å²) in [6.07, 6.45) is 2.72. The smallest absolute Gasteiger partial charge is 0.156 e. The summed E-state index contributed by atoms with van der Waals surface area (Å²) >= 11 is 0. The Morgan fingerprint density at radius 1 is 1.04 bits per heavy atom. The molecule has 0 bridgehead atoms. The first kappa shape index (κ1) is 15.2. The van der Waals surface area contributed by atoms with Gasteiger partial charge in [0.25, 0.3) is 0 Å². The molecule has 130 valence electrons. The van der Waals surface area contributed by atoms with Crippen LogP contribution in [0.2, 0.25) is 0 Å². The summed E-state index contributed by atoms with van der Waals surface area (Å²) in [5.41, 5.74) is 6.02. The minimum absolute atomic E-state index is 0.845. The molecule has 5 rings (SSSR count). The number of hydrogen-bond acceptors (Lipinski definition) is 4. The van der Waals surface area contributed by atoms with Crippen LogP contribution in [0.5, 0.6) is 5.75 Å². The maximum Gasteiger partial charge on any atom is 0.156 e. The molecule has 1 aliphatic heterocycles. The zero-order valence-electron chi connectivity index (χ0n) is 14.9. The fourth-order valence-electron chi connectivity index (χ4n) is 4.03. The summed E-state index contributed by atoms with van der Waals surface area (Å²) in [7, 11) is 3.78. The van der Waals surface area contributed by atoms with Gasteiger partial charge >= 0.3 is 0 Å². The second-order valence-corrected chi connectivity index (χ2v) is 6.78. The summed E-state index contributed by atoms with van der Waals surface area (Å²) in [5, 5.41) is 1.10. The molecule has 0 saturated heterocycles. The van der Waals surface area contributed by atoms with Crippen LogP contribution in [-0.4, -0.2) is 28.2 Å². The third-order valence-corrected chi connectivity index (χ3v) is 5.39. The SMILES string of the molecule is COc1ccc2c(c1)c1ncnc(N3CCc4ccccc4C3)c1n2C. The third-order valence-electron chi connectivity index (χ3n) is 5.39. The van der Waals surface area contributed by atoms with Gasteiger partial charge in [0.15, 0.2) is 5.82 Å². The fraction of sp³-hybridized carbons (Fsp3) is 0.238. The van der Waals surface area contributed by atoms with Crippen LogP contribution in [0.15, 0.2) is 48.8 Å². The van der Waals surface area contributed by atoms with E-state index in [0.29, 0.717) is 0 Å². The van der Waals surface area contributed by atoms with Gasteiger partial charge in [0.05, 0.1) is 12.6 Å². The number of aryl methyl sites for hydroxylation is 1. The molecule has 26 heavy (non-hydrogen) atoms. The van der Waals surface area contributed by atoms with Crippen molar-refractivity contribution in [3.05, 3.63) is 59.9 Å². The Hall–Kier alpha value is -3.08. The Balaban J connectivity index is 1.70. The zero-order chi connectivity index (χ0) is 17.7. The van der Waals surface area contributed by atoms with Crippen molar-refractivity contribution in [2.24, 2.45) is 7.05 Å². The highest BCUT2D eigenvalue weighted by Gasteiger charge is 2.22. The van der Waals surface area contributed by atoms with Crippen molar-refractivity contribution in [3.63, 3.8) is 0 Å². The molecule has 0 fully saturated rings. The van der Waals surface area contributed by atoms with Crippen LogP contribution in [0.1, 0.15) is 11.1 Å². The Bertz CT molecular complexity index is 1130. The molecule has 3 heterocycles. The minimum atomic E-state index is 0.845. The van der Waals surface area contributed by atoms with Gasteiger partial charge in [0, 0.05) is 25.5 Å². The van der Waals surface area contributed by atoms with Gasteiger partial charge in [-0.25, -0.2) is 9.97 Å². The van der Waals surface area contributed by atoms with E-state index in [1.54, 1.807) is 13.4 Å². The summed E-state index contributed by atoms with van der Waals surface area (Å²) in [4.78, 5) is 11.6. The fourth-order valence-corrected chi connectivity index (χ4v) is 4.03. The van der Waals surface area contributed by atoms with Crippen LogP contribution >= 0.6 is 0 Å². The molecular weight excluding hydrogens is 324 g/mol. The molecule has 2 aromatic carbocycles. The normalized spacial score (nSPS) is 14.0. The number of rotatable bonds is 2. The number of methoxy groups -OCH3 is 1. The van der Waals surface area contributed by atoms with Crippen molar-refractivity contribution in [1.29, 1.82) is 0 Å². The van der Waals surface area contributed by atoms with Crippen molar-refractivity contribution in [2.75, 3.05) is 18.6 Å². The first-order valence-corrected chi connectivity index (χ1v) is 8.85. The Kier molecular flexibility index (Phi) is 3.35. The van der Waals surface area contributed by atoms with Gasteiger partial charge in [-0.3, -0.25) is 0 Å². The van der Waals surface area contributed by atoms with Crippen LogP contribution in [0.25, 0.3) is 21.9 Å². The monoisotopic (exact) mass is 344 g/mol. The standard InChI is InChI=1S/C21H20N4O/c1-24-18-8-7-16(26-2)11-17(18)19-20(24)21(23-13-22-19)25-10-9-14-5-3-4-6-15(14)12-25/h3-8,11,13H,9-10,12H2,1-2H3. The average Bonchev–Trinajstić information content (AvgIpc) is 2.99. The molecule has 0 spiro atoms.